The number of nitrogens with zero attached hydrogens (tertiary/aromatic N) is 3. The van der Waals surface area contributed by atoms with Gasteiger partial charge in [0, 0.05) is 79.9 Å². The van der Waals surface area contributed by atoms with E-state index >= 15 is 4.39 Å². The molecule has 4 N–H and O–H groups in total. The van der Waals surface area contributed by atoms with Gasteiger partial charge in [-0.1, -0.05) is 41.4 Å². The van der Waals surface area contributed by atoms with Crippen LogP contribution in [0.3, 0.4) is 0 Å². The zero-order valence-corrected chi connectivity index (χ0v) is 26.7. The molecule has 2 fully saturated rings. The molecule has 2 saturated heterocycles. The highest BCUT2D eigenvalue weighted by Gasteiger charge is 2.22. The summed E-state index contributed by atoms with van der Waals surface area (Å²) in [6, 6.07) is 12.7. The number of hydrogen-bond donors (Lipinski definition) is 4. The molecule has 10 nitrogen and oxygen atoms in total. The SMILES string of the molecule is COc1nc(-c2ccnc(-c3cccc(Nc4nccc(CNCC5CCO5)c4F)c3Cl)c2Cl)ccc1CNCC1CCC(=O)N1. The number of nitrogens with one attached hydrogen (secondary N) is 4. The molecular weight excluding hydrogens is 632 g/mol. The normalized spacial score (nSPS) is 17.4. The number of ether oxygens (including phenoxy) is 2. The first-order valence-corrected chi connectivity index (χ1v) is 15.9. The summed E-state index contributed by atoms with van der Waals surface area (Å²) in [5.74, 6) is 0.142. The minimum atomic E-state index is -0.465. The molecule has 0 spiro atoms. The summed E-state index contributed by atoms with van der Waals surface area (Å²) < 4.78 is 26.4. The zero-order chi connectivity index (χ0) is 32.0. The lowest BCUT2D eigenvalue weighted by molar-refractivity contribution is -0.119. The van der Waals surface area contributed by atoms with Gasteiger partial charge in [0.1, 0.15) is 0 Å². The van der Waals surface area contributed by atoms with Crippen molar-refractivity contribution in [1.29, 1.82) is 0 Å². The Labute approximate surface area is 276 Å². The van der Waals surface area contributed by atoms with Crippen LogP contribution in [0.2, 0.25) is 10.0 Å². The van der Waals surface area contributed by atoms with Crippen LogP contribution in [0.25, 0.3) is 22.5 Å². The van der Waals surface area contributed by atoms with Crippen LogP contribution in [0, 0.1) is 5.82 Å². The first-order valence-electron chi connectivity index (χ1n) is 15.1. The smallest absolute Gasteiger partial charge is 0.220 e. The Kier molecular flexibility index (Phi) is 10.3. The van der Waals surface area contributed by atoms with Gasteiger partial charge in [0.05, 0.1) is 40.3 Å². The number of anilines is 2. The van der Waals surface area contributed by atoms with Crippen LogP contribution in [-0.4, -0.2) is 59.8 Å². The largest absolute Gasteiger partial charge is 0.481 e. The second kappa shape index (κ2) is 14.7. The summed E-state index contributed by atoms with van der Waals surface area (Å²) in [6.45, 7) is 2.97. The molecule has 2 aliphatic heterocycles. The molecule has 3 aromatic heterocycles. The number of benzene rings is 1. The monoisotopic (exact) mass is 665 g/mol. The maximum atomic E-state index is 15.4. The third-order valence-corrected chi connectivity index (χ3v) is 8.84. The summed E-state index contributed by atoms with van der Waals surface area (Å²) in [7, 11) is 1.57. The van der Waals surface area contributed by atoms with Crippen LogP contribution >= 0.6 is 23.2 Å². The summed E-state index contributed by atoms with van der Waals surface area (Å²) in [5.41, 5.74) is 4.06. The van der Waals surface area contributed by atoms with Crippen molar-refractivity contribution in [2.75, 3.05) is 32.1 Å². The van der Waals surface area contributed by atoms with Crippen LogP contribution in [0.1, 0.15) is 30.4 Å². The highest BCUT2D eigenvalue weighted by atomic mass is 35.5. The van der Waals surface area contributed by atoms with E-state index in [9.17, 15) is 4.79 Å². The Hall–Kier alpha value is -3.87. The van der Waals surface area contributed by atoms with E-state index in [1.54, 1.807) is 49.8 Å². The van der Waals surface area contributed by atoms with E-state index in [-0.39, 0.29) is 23.9 Å². The Morgan fingerprint density at radius 2 is 1.78 bits per heavy atom. The van der Waals surface area contributed by atoms with Gasteiger partial charge >= 0.3 is 0 Å². The van der Waals surface area contributed by atoms with Gasteiger partial charge in [-0.05, 0) is 37.1 Å². The lowest BCUT2D eigenvalue weighted by Crippen LogP contribution is -2.37. The minimum absolute atomic E-state index is 0.0601. The first-order chi connectivity index (χ1) is 22.4. The van der Waals surface area contributed by atoms with Crippen LogP contribution in [0.15, 0.2) is 54.9 Å². The van der Waals surface area contributed by atoms with Gasteiger partial charge < -0.3 is 30.7 Å². The molecule has 5 heterocycles. The van der Waals surface area contributed by atoms with Gasteiger partial charge in [0.15, 0.2) is 11.6 Å². The van der Waals surface area contributed by atoms with Crippen molar-refractivity contribution in [1.82, 2.24) is 30.9 Å². The number of halogens is 3. The molecule has 13 heteroatoms. The van der Waals surface area contributed by atoms with Crippen molar-refractivity contribution in [3.8, 4) is 28.4 Å². The zero-order valence-electron chi connectivity index (χ0n) is 25.2. The van der Waals surface area contributed by atoms with Crippen LogP contribution in [0.4, 0.5) is 15.9 Å². The molecule has 1 amide bonds. The van der Waals surface area contributed by atoms with Gasteiger partial charge in [-0.2, -0.15) is 0 Å². The highest BCUT2D eigenvalue weighted by Crippen LogP contribution is 2.41. The maximum absolute atomic E-state index is 15.4. The molecule has 4 aromatic rings. The Morgan fingerprint density at radius 3 is 2.54 bits per heavy atom. The molecule has 0 radical (unpaired) electrons. The molecule has 0 saturated carbocycles. The number of pyridine rings is 3. The fourth-order valence-corrected chi connectivity index (χ4v) is 6.00. The molecule has 6 rings (SSSR count). The van der Waals surface area contributed by atoms with Crippen LogP contribution in [-0.2, 0) is 22.6 Å². The predicted octanol–water partition coefficient (Wildman–Crippen LogP) is 5.65. The topological polar surface area (TPSA) is 122 Å². The van der Waals surface area contributed by atoms with Gasteiger partial charge in [0.25, 0.3) is 0 Å². The van der Waals surface area contributed by atoms with E-state index in [1.165, 1.54) is 0 Å². The van der Waals surface area contributed by atoms with Crippen molar-refractivity contribution >= 4 is 40.6 Å². The predicted molar refractivity (Wildman–Crippen MR) is 176 cm³/mol. The third kappa shape index (κ3) is 7.24. The average Bonchev–Trinajstić information content (AvgIpc) is 3.46. The summed E-state index contributed by atoms with van der Waals surface area (Å²) in [5, 5.41) is 13.3. The van der Waals surface area contributed by atoms with Gasteiger partial charge in [-0.15, -0.1) is 0 Å². The number of hydrogen-bond acceptors (Lipinski definition) is 9. The van der Waals surface area contributed by atoms with Gasteiger partial charge in [0.2, 0.25) is 11.8 Å². The van der Waals surface area contributed by atoms with Crippen LogP contribution in [0.5, 0.6) is 5.88 Å². The molecule has 0 bridgehead atoms. The van der Waals surface area contributed by atoms with Crippen molar-refractivity contribution in [2.24, 2.45) is 0 Å². The van der Waals surface area contributed by atoms with E-state index < -0.39 is 5.82 Å². The molecule has 46 heavy (non-hydrogen) atoms. The second-order valence-corrected chi connectivity index (χ2v) is 11.9. The molecule has 2 unspecified atom stereocenters. The van der Waals surface area contributed by atoms with Gasteiger partial charge in [-0.25, -0.2) is 14.4 Å². The van der Waals surface area contributed by atoms with Gasteiger partial charge in [-0.3, -0.25) is 9.78 Å². The lowest BCUT2D eigenvalue weighted by Gasteiger charge is -2.26. The van der Waals surface area contributed by atoms with Crippen molar-refractivity contribution < 1.29 is 18.7 Å². The number of aromatic nitrogens is 3. The Morgan fingerprint density at radius 1 is 0.978 bits per heavy atom. The summed E-state index contributed by atoms with van der Waals surface area (Å²) in [6.07, 6.45) is 5.76. The van der Waals surface area contributed by atoms with Crippen molar-refractivity contribution in [3.05, 3.63) is 81.8 Å². The summed E-state index contributed by atoms with van der Waals surface area (Å²) >= 11 is 13.8. The molecule has 1 aromatic carbocycles. The fraction of sp³-hybridized carbons (Fsp3) is 0.333. The molecule has 0 aliphatic carbocycles. The maximum Gasteiger partial charge on any atom is 0.220 e. The number of amides is 1. The van der Waals surface area contributed by atoms with E-state index in [0.29, 0.717) is 82.3 Å². The molecule has 2 aliphatic rings. The molecule has 240 valence electrons. The summed E-state index contributed by atoms with van der Waals surface area (Å²) in [4.78, 5) is 24.9. The quantitative estimate of drug-likeness (QED) is 0.143. The first kappa shape index (κ1) is 32.1. The third-order valence-electron chi connectivity index (χ3n) is 8.05. The number of methoxy groups -OCH3 is 1. The van der Waals surface area contributed by atoms with Crippen molar-refractivity contribution in [2.45, 2.75) is 44.5 Å². The second-order valence-electron chi connectivity index (χ2n) is 11.2. The Balaban J connectivity index is 1.19. The number of rotatable bonds is 13. The molecular formula is C33H34Cl2FN7O3. The van der Waals surface area contributed by atoms with Crippen molar-refractivity contribution in [3.63, 3.8) is 0 Å². The van der Waals surface area contributed by atoms with E-state index in [0.717, 1.165) is 25.0 Å². The van der Waals surface area contributed by atoms with E-state index in [2.05, 4.69) is 31.2 Å². The highest BCUT2D eigenvalue weighted by molar-refractivity contribution is 6.39. The van der Waals surface area contributed by atoms with Crippen LogP contribution < -0.4 is 26.0 Å². The number of carbonyl (C=O) groups is 1. The standard InChI is InChI=1S/C33H34Cl2FN7O3/c1-45-33-20(16-37-17-21-6-8-27(44)41-21)5-7-25(43-33)23-10-13-39-31(29(23)35)24-3-2-4-26(28(24)34)42-32-30(36)19(9-12-40-32)15-38-18-22-11-14-46-22/h2-5,7,9-10,12-13,21-22,37-38H,6,8,11,14-18H2,1H3,(H,40,42)(H,41,44). The average molecular weight is 667 g/mol. The molecule has 2 atom stereocenters. The fourth-order valence-electron chi connectivity index (χ4n) is 5.43. The van der Waals surface area contributed by atoms with E-state index in [1.807, 2.05) is 12.1 Å². The lowest BCUT2D eigenvalue weighted by atomic mass is 10.1. The van der Waals surface area contributed by atoms with E-state index in [4.69, 9.17) is 37.7 Å². The minimum Gasteiger partial charge on any atom is -0.481 e. The number of carbonyl (C=O) groups excluding carboxylic acids is 1. The Bertz CT molecular complexity index is 1720.